The van der Waals surface area contributed by atoms with Gasteiger partial charge in [0.2, 0.25) is 23.6 Å². The van der Waals surface area contributed by atoms with Crippen LogP contribution in [0.5, 0.6) is 0 Å². The average molecular weight is 1390 g/mol. The fourth-order valence-corrected chi connectivity index (χ4v) is 17.3. The quantitative estimate of drug-likeness (QED) is 0.0334. The van der Waals surface area contributed by atoms with Crippen molar-refractivity contribution in [3.8, 4) is 0 Å². The molecule has 8 unspecified atom stereocenters. The van der Waals surface area contributed by atoms with Crippen LogP contribution in [0.1, 0.15) is 274 Å². The van der Waals surface area contributed by atoms with Crippen molar-refractivity contribution in [2.45, 2.75) is 266 Å². The van der Waals surface area contributed by atoms with E-state index in [2.05, 4.69) is 75.9 Å². The fraction of sp³-hybridized carbons (Fsp3) is 0.553. The lowest BCUT2D eigenvalue weighted by Crippen LogP contribution is -2.35. The van der Waals surface area contributed by atoms with E-state index in [0.717, 1.165) is 102 Å². The van der Waals surface area contributed by atoms with E-state index in [1.807, 2.05) is 19.1 Å². The Hall–Kier alpha value is -8.34. The number of fused-ring (bicyclic) bond motifs is 4. The summed E-state index contributed by atoms with van der Waals surface area (Å²) in [7, 11) is 0. The molecule has 4 aromatic heterocycles. The summed E-state index contributed by atoms with van der Waals surface area (Å²) < 4.78 is 3.53. The molecule has 1 saturated heterocycles. The van der Waals surface area contributed by atoms with E-state index in [9.17, 15) is 57.5 Å². The molecule has 17 nitrogen and oxygen atoms in total. The second-order valence-electron chi connectivity index (χ2n) is 30.0. The van der Waals surface area contributed by atoms with Crippen LogP contribution in [0.4, 0.5) is 0 Å². The van der Waals surface area contributed by atoms with Crippen LogP contribution < -0.4 is 44.5 Å². The maximum Gasteiger partial charge on any atom is 0.268 e. The van der Waals surface area contributed by atoms with E-state index in [0.29, 0.717) is 33.6 Å². The van der Waals surface area contributed by atoms with Crippen LogP contribution >= 0.6 is 0 Å². The Bertz CT molecular complexity index is 4510. The third-order valence-electron chi connectivity index (χ3n) is 23.0. The maximum atomic E-state index is 13.3. The van der Waals surface area contributed by atoms with Crippen molar-refractivity contribution in [1.82, 2.24) is 23.2 Å². The van der Waals surface area contributed by atoms with Crippen LogP contribution in [-0.4, -0.2) is 46.8 Å². The number of rotatable bonds is 36. The maximum absolute atomic E-state index is 13.3. The SMILES string of the molecule is C=C1C(C)C(CC(CC(C)c2ccccc2)c2ccccc2)C(=O)N1C(C)=O.CCCCCCCCC1C(CCCCCC)CCC(CCCCCCCCn2c(=O)c3cc4c(=O)n(C(C)=O)c(=O)c4cc3c2=O)C1CCCCCCCCn1c(=O)c2cc3c(=O)n(C(C)=O)c(=O)c3cc2c1=O. The molecule has 0 radical (unpaired) electrons. The van der Waals surface area contributed by atoms with Crippen molar-refractivity contribution < 1.29 is 19.2 Å². The van der Waals surface area contributed by atoms with Gasteiger partial charge >= 0.3 is 0 Å². The first-order valence-corrected chi connectivity index (χ1v) is 38.6. The molecule has 2 fully saturated rings. The Morgan fingerprint density at radius 3 is 1.10 bits per heavy atom. The monoisotopic (exact) mass is 1390 g/mol. The Labute approximate surface area is 598 Å². The Kier molecular flexibility index (Phi) is 28.0. The standard InChI is InChI=1S/C60H80N4O10.C25H29NO2/c1-5-7-9-11-17-23-29-43-41(27-21-10-8-6-2)31-32-42(28-22-16-12-14-19-25-33-61-53(67)45-35-49-50(36-46(45)54(61)68)58(72)63(39(3)65)57(49)71)44(43)30-24-18-13-15-20-26-34-62-55(69)47-37-51-52(38-48(47)56(62)70)60(74)64(40(4)66)59(51)73;1-17(21-11-7-5-8-12-21)15-23(22-13-9-6-10-14-22)16-24-18(2)19(3)26(20(4)27)25(24)28/h35-38,41-44H,5-34H2,1-4H3;5-14,17-18,23-24H,3,15-16H2,1-2,4H3. The van der Waals surface area contributed by atoms with Crippen LogP contribution in [0.3, 0.4) is 0 Å². The van der Waals surface area contributed by atoms with E-state index < -0.39 is 56.3 Å². The molecule has 546 valence electrons. The predicted molar refractivity (Wildman–Crippen MR) is 410 cm³/mol. The molecule has 10 rings (SSSR count). The number of aromatic nitrogens is 4. The van der Waals surface area contributed by atoms with E-state index >= 15 is 0 Å². The molecule has 2 aliphatic rings. The largest absolute Gasteiger partial charge is 0.274 e. The first-order chi connectivity index (χ1) is 49.1. The van der Waals surface area contributed by atoms with Crippen molar-refractivity contribution >= 4 is 66.7 Å². The smallest absolute Gasteiger partial charge is 0.268 e. The lowest BCUT2D eigenvalue weighted by Gasteiger charge is -2.44. The van der Waals surface area contributed by atoms with Crippen molar-refractivity contribution in [2.75, 3.05) is 0 Å². The summed E-state index contributed by atoms with van der Waals surface area (Å²) in [6, 6.07) is 26.1. The predicted octanol–water partition coefficient (Wildman–Crippen LogP) is 16.1. The zero-order chi connectivity index (χ0) is 73.3. The number of benzene rings is 4. The molecule has 1 saturated carbocycles. The summed E-state index contributed by atoms with van der Waals surface area (Å²) in [4.78, 5) is 154. The topological polar surface area (TPSA) is 228 Å². The van der Waals surface area contributed by atoms with Gasteiger partial charge in [-0.2, -0.15) is 0 Å². The Morgan fingerprint density at radius 1 is 0.422 bits per heavy atom. The molecule has 0 spiro atoms. The number of amides is 2. The minimum absolute atomic E-state index is 0.0188. The van der Waals surface area contributed by atoms with Gasteiger partial charge in [0.25, 0.3) is 44.5 Å². The van der Waals surface area contributed by atoms with E-state index in [4.69, 9.17) is 0 Å². The average Bonchev–Trinajstić information content (AvgIpc) is 1.59. The van der Waals surface area contributed by atoms with Crippen molar-refractivity contribution in [1.29, 1.82) is 0 Å². The number of hydrogen-bond donors (Lipinski definition) is 0. The van der Waals surface area contributed by atoms with Gasteiger partial charge in [0, 0.05) is 51.4 Å². The molecule has 0 N–H and O–H groups in total. The number of nitrogens with zero attached hydrogens (tertiary/aromatic N) is 5. The molecule has 0 bridgehead atoms. The molecule has 2 amide bonds. The van der Waals surface area contributed by atoms with Gasteiger partial charge in [0.1, 0.15) is 0 Å². The van der Waals surface area contributed by atoms with E-state index in [-0.39, 0.29) is 85.7 Å². The minimum atomic E-state index is -0.767. The molecule has 4 aromatic carbocycles. The van der Waals surface area contributed by atoms with Crippen molar-refractivity contribution in [3.05, 3.63) is 191 Å². The summed E-state index contributed by atoms with van der Waals surface area (Å²) in [5.41, 5.74) is -1.75. The van der Waals surface area contributed by atoms with E-state index in [1.165, 1.54) is 172 Å². The molecule has 1 aliphatic heterocycles. The number of imide groups is 1. The Morgan fingerprint density at radius 2 is 0.745 bits per heavy atom. The summed E-state index contributed by atoms with van der Waals surface area (Å²) >= 11 is 0. The van der Waals surface area contributed by atoms with Crippen LogP contribution in [0, 0.1) is 35.5 Å². The molecular formula is C85H109N5O12. The first-order valence-electron chi connectivity index (χ1n) is 38.6. The van der Waals surface area contributed by atoms with Gasteiger partial charge in [-0.1, -0.05) is 236 Å². The van der Waals surface area contributed by atoms with Gasteiger partial charge in [-0.05, 0) is 122 Å². The molecule has 8 aromatic rings. The highest BCUT2D eigenvalue weighted by Gasteiger charge is 2.44. The third-order valence-corrected chi connectivity index (χ3v) is 23.0. The number of carbonyl (C=O) groups is 4. The number of unbranched alkanes of at least 4 members (excludes halogenated alkanes) is 18. The minimum Gasteiger partial charge on any atom is -0.274 e. The van der Waals surface area contributed by atoms with E-state index in [1.54, 1.807) is 0 Å². The summed E-state index contributed by atoms with van der Waals surface area (Å²) in [6.45, 7) is 17.1. The highest BCUT2D eigenvalue weighted by molar-refractivity contribution is 6.01. The molecule has 102 heavy (non-hydrogen) atoms. The molecule has 1 aliphatic carbocycles. The van der Waals surface area contributed by atoms with Crippen LogP contribution in [-0.2, 0) is 22.7 Å². The first kappa shape index (κ1) is 77.8. The third kappa shape index (κ3) is 18.0. The lowest BCUT2D eigenvalue weighted by atomic mass is 9.61. The normalized spacial score (nSPS) is 18.4. The van der Waals surface area contributed by atoms with Gasteiger partial charge in [0.05, 0.1) is 43.1 Å². The number of hydrogen-bond acceptors (Lipinski definition) is 12. The number of allylic oxidation sites excluding steroid dienone is 1. The molecule has 5 heterocycles. The summed E-state index contributed by atoms with van der Waals surface area (Å²) in [5.74, 6) is 1.73. The number of carbonyl (C=O) groups excluding carboxylic acids is 4. The number of likely N-dealkylation sites (tertiary alicyclic amines) is 1. The van der Waals surface area contributed by atoms with Crippen LogP contribution in [0.15, 0.2) is 136 Å². The van der Waals surface area contributed by atoms with Gasteiger partial charge in [-0.3, -0.25) is 71.6 Å². The highest BCUT2D eigenvalue weighted by Crippen LogP contribution is 2.48. The van der Waals surface area contributed by atoms with Gasteiger partial charge < -0.3 is 0 Å². The molecule has 17 heteroatoms. The zero-order valence-electron chi connectivity index (χ0n) is 61.7. The van der Waals surface area contributed by atoms with Crippen molar-refractivity contribution in [3.63, 3.8) is 0 Å². The second kappa shape index (κ2) is 36.7. The van der Waals surface area contributed by atoms with Gasteiger partial charge in [0.15, 0.2) is 0 Å². The fourth-order valence-electron chi connectivity index (χ4n) is 17.3. The molecule has 8 atom stereocenters. The van der Waals surface area contributed by atoms with Gasteiger partial charge in [-0.15, -0.1) is 0 Å². The van der Waals surface area contributed by atoms with Crippen LogP contribution in [0.25, 0.3) is 43.1 Å². The zero-order valence-corrected chi connectivity index (χ0v) is 61.7. The summed E-state index contributed by atoms with van der Waals surface area (Å²) in [5, 5.41) is 0.336. The van der Waals surface area contributed by atoms with Crippen LogP contribution in [0.2, 0.25) is 0 Å². The Balaban J connectivity index is 0.000000359. The second-order valence-corrected chi connectivity index (χ2v) is 30.0. The molecular weight excluding hydrogens is 1280 g/mol. The summed E-state index contributed by atoms with van der Waals surface area (Å²) in [6.07, 6.45) is 34.8. The van der Waals surface area contributed by atoms with Gasteiger partial charge in [-0.25, -0.2) is 9.13 Å². The van der Waals surface area contributed by atoms with Crippen molar-refractivity contribution in [2.24, 2.45) is 35.5 Å². The lowest BCUT2D eigenvalue weighted by molar-refractivity contribution is -0.140. The highest BCUT2D eigenvalue weighted by atomic mass is 16.2.